The van der Waals surface area contributed by atoms with Gasteiger partial charge in [-0.3, -0.25) is 0 Å². The number of carbonyl (C=O) groups is 1. The highest BCUT2D eigenvalue weighted by atomic mass is 32.1. The lowest BCUT2D eigenvalue weighted by atomic mass is 10.4. The zero-order valence-corrected chi connectivity index (χ0v) is 10.6. The van der Waals surface area contributed by atoms with Gasteiger partial charge in [-0.05, 0) is 32.9 Å². The average molecular weight is 252 g/mol. The molecule has 0 spiro atoms. The van der Waals surface area contributed by atoms with Gasteiger partial charge in [-0.25, -0.2) is 4.79 Å². The zero-order chi connectivity index (χ0) is 12.4. The molecule has 0 aliphatic heterocycles. The van der Waals surface area contributed by atoms with Crippen molar-refractivity contribution in [3.8, 4) is 0 Å². The fourth-order valence-corrected chi connectivity index (χ4v) is 2.04. The quantitative estimate of drug-likeness (QED) is 0.786. The minimum atomic E-state index is -0.536. The molecule has 1 unspecified atom stereocenters. The summed E-state index contributed by atoms with van der Waals surface area (Å²) in [5.74, 6) is 0.463. The summed E-state index contributed by atoms with van der Waals surface area (Å²) >= 11 is 1.40. The normalized spacial score (nSPS) is 12.4. The highest BCUT2D eigenvalue weighted by Gasteiger charge is 2.19. The minimum absolute atomic E-state index is 0.309. The summed E-state index contributed by atoms with van der Waals surface area (Å²) < 4.78 is 10.2. The Kier molecular flexibility index (Phi) is 3.23. The van der Waals surface area contributed by atoms with Gasteiger partial charge in [0.2, 0.25) is 0 Å². The van der Waals surface area contributed by atoms with E-state index in [1.165, 1.54) is 11.3 Å². The van der Waals surface area contributed by atoms with Crippen LogP contribution in [0, 0.1) is 13.8 Å². The Morgan fingerprint density at radius 3 is 2.76 bits per heavy atom. The molecule has 2 heterocycles. The molecule has 0 aromatic carbocycles. The first-order chi connectivity index (χ1) is 8.06. The van der Waals surface area contributed by atoms with Crippen LogP contribution in [-0.4, -0.2) is 16.1 Å². The van der Waals surface area contributed by atoms with Gasteiger partial charge in [-0.1, -0.05) is 5.16 Å². The summed E-state index contributed by atoms with van der Waals surface area (Å²) in [7, 11) is 0. The van der Waals surface area contributed by atoms with Crippen LogP contribution < -0.4 is 0 Å². The fraction of sp³-hybridized carbons (Fsp3) is 0.364. The maximum absolute atomic E-state index is 11.7. The Morgan fingerprint density at radius 2 is 2.24 bits per heavy atom. The number of esters is 1. The third kappa shape index (κ3) is 2.71. The molecule has 0 radical (unpaired) electrons. The van der Waals surface area contributed by atoms with Gasteiger partial charge in [0.05, 0.1) is 0 Å². The molecule has 0 saturated heterocycles. The average Bonchev–Trinajstić information content (AvgIpc) is 2.87. The summed E-state index contributed by atoms with van der Waals surface area (Å²) in [5.41, 5.74) is 0. The van der Waals surface area contributed by atoms with Crippen molar-refractivity contribution in [3.05, 3.63) is 33.6 Å². The van der Waals surface area contributed by atoms with Crippen molar-refractivity contribution in [2.24, 2.45) is 0 Å². The highest BCUT2D eigenvalue weighted by molar-refractivity contribution is 7.13. The molecular formula is C11H12N2O3S. The van der Waals surface area contributed by atoms with E-state index in [2.05, 4.69) is 10.1 Å². The van der Waals surface area contributed by atoms with Crippen LogP contribution in [0.25, 0.3) is 0 Å². The van der Waals surface area contributed by atoms with Gasteiger partial charge in [0.15, 0.2) is 11.9 Å². The largest absolute Gasteiger partial charge is 0.448 e. The molecular weight excluding hydrogens is 240 g/mol. The Balaban J connectivity index is 2.04. The van der Waals surface area contributed by atoms with E-state index in [1.807, 2.05) is 13.0 Å². The van der Waals surface area contributed by atoms with Gasteiger partial charge >= 0.3 is 5.97 Å². The second-order valence-corrected chi connectivity index (χ2v) is 4.93. The molecule has 1 atom stereocenters. The van der Waals surface area contributed by atoms with Crippen molar-refractivity contribution in [2.75, 3.05) is 0 Å². The maximum atomic E-state index is 11.7. The number of aryl methyl sites for hydroxylation is 2. The summed E-state index contributed by atoms with van der Waals surface area (Å²) in [4.78, 5) is 17.4. The van der Waals surface area contributed by atoms with Gasteiger partial charge < -0.3 is 9.26 Å². The first-order valence-electron chi connectivity index (χ1n) is 5.14. The summed E-state index contributed by atoms with van der Waals surface area (Å²) in [6.07, 6.45) is -0.536. The van der Waals surface area contributed by atoms with Crippen LogP contribution in [0.3, 0.4) is 0 Å². The molecule has 17 heavy (non-hydrogen) atoms. The standard InChI is InChI=1S/C11H12N2O3S/c1-6-4-5-9(17-6)11(14)15-7(2)10-12-8(3)13-16-10/h4-5,7H,1-3H3. The second-order valence-electron chi connectivity index (χ2n) is 3.64. The Labute approximate surface area is 102 Å². The number of nitrogens with zero attached hydrogens (tertiary/aromatic N) is 2. The number of hydrogen-bond donors (Lipinski definition) is 0. The molecule has 0 N–H and O–H groups in total. The lowest BCUT2D eigenvalue weighted by Crippen LogP contribution is -2.08. The summed E-state index contributed by atoms with van der Waals surface area (Å²) in [5, 5.41) is 3.65. The molecule has 2 aromatic heterocycles. The van der Waals surface area contributed by atoms with Gasteiger partial charge in [0.25, 0.3) is 5.89 Å². The fourth-order valence-electron chi connectivity index (χ4n) is 1.29. The maximum Gasteiger partial charge on any atom is 0.349 e. The number of carbonyl (C=O) groups excluding carboxylic acids is 1. The molecule has 0 aliphatic carbocycles. The van der Waals surface area contributed by atoms with Gasteiger partial charge in [-0.15, -0.1) is 11.3 Å². The molecule has 0 saturated carbocycles. The third-order valence-corrected chi connectivity index (χ3v) is 3.10. The van der Waals surface area contributed by atoms with E-state index in [4.69, 9.17) is 9.26 Å². The van der Waals surface area contributed by atoms with Crippen molar-refractivity contribution in [1.82, 2.24) is 10.1 Å². The molecule has 90 valence electrons. The second kappa shape index (κ2) is 4.67. The van der Waals surface area contributed by atoms with E-state index < -0.39 is 6.10 Å². The number of thiophene rings is 1. The highest BCUT2D eigenvalue weighted by Crippen LogP contribution is 2.20. The molecule has 0 amide bonds. The van der Waals surface area contributed by atoms with E-state index in [-0.39, 0.29) is 5.97 Å². The molecule has 2 aromatic rings. The first-order valence-corrected chi connectivity index (χ1v) is 5.95. The van der Waals surface area contributed by atoms with Crippen molar-refractivity contribution in [3.63, 3.8) is 0 Å². The van der Waals surface area contributed by atoms with Gasteiger partial charge in [-0.2, -0.15) is 4.98 Å². The van der Waals surface area contributed by atoms with E-state index in [0.717, 1.165) is 4.88 Å². The number of rotatable bonds is 3. The third-order valence-electron chi connectivity index (χ3n) is 2.12. The molecule has 0 fully saturated rings. The summed E-state index contributed by atoms with van der Waals surface area (Å²) in [6, 6.07) is 3.62. The minimum Gasteiger partial charge on any atom is -0.448 e. The van der Waals surface area contributed by atoms with Crippen molar-refractivity contribution in [2.45, 2.75) is 26.9 Å². The topological polar surface area (TPSA) is 65.2 Å². The van der Waals surface area contributed by atoms with Crippen LogP contribution >= 0.6 is 11.3 Å². The first kappa shape index (κ1) is 11.8. The molecule has 2 rings (SSSR count). The van der Waals surface area contributed by atoms with Gasteiger partial charge in [0.1, 0.15) is 4.88 Å². The van der Waals surface area contributed by atoms with E-state index >= 15 is 0 Å². The Hall–Kier alpha value is -1.69. The van der Waals surface area contributed by atoms with Crippen LogP contribution in [0.1, 0.15) is 39.3 Å². The number of aromatic nitrogens is 2. The van der Waals surface area contributed by atoms with Gasteiger partial charge in [0, 0.05) is 4.88 Å². The molecule has 0 aliphatic rings. The number of hydrogen-bond acceptors (Lipinski definition) is 6. The van der Waals surface area contributed by atoms with Crippen molar-refractivity contribution < 1.29 is 14.1 Å². The predicted molar refractivity (Wildman–Crippen MR) is 61.9 cm³/mol. The SMILES string of the molecule is Cc1noc(C(C)OC(=O)c2ccc(C)s2)n1. The van der Waals surface area contributed by atoms with Crippen LogP contribution in [0.2, 0.25) is 0 Å². The van der Waals surface area contributed by atoms with Crippen molar-refractivity contribution >= 4 is 17.3 Å². The van der Waals surface area contributed by atoms with Crippen LogP contribution in [0.4, 0.5) is 0 Å². The molecule has 5 nitrogen and oxygen atoms in total. The zero-order valence-electron chi connectivity index (χ0n) is 9.76. The van der Waals surface area contributed by atoms with E-state index in [9.17, 15) is 4.79 Å². The number of ether oxygens (including phenoxy) is 1. The van der Waals surface area contributed by atoms with E-state index in [1.54, 1.807) is 19.9 Å². The molecule has 0 bridgehead atoms. The molecule has 6 heteroatoms. The van der Waals surface area contributed by atoms with Crippen molar-refractivity contribution in [1.29, 1.82) is 0 Å². The van der Waals surface area contributed by atoms with Crippen LogP contribution in [-0.2, 0) is 4.74 Å². The van der Waals surface area contributed by atoms with Crippen LogP contribution in [0.5, 0.6) is 0 Å². The van der Waals surface area contributed by atoms with Crippen LogP contribution in [0.15, 0.2) is 16.7 Å². The Bertz CT molecular complexity index is 532. The smallest absolute Gasteiger partial charge is 0.349 e. The predicted octanol–water partition coefficient (Wildman–Crippen LogP) is 2.67. The monoisotopic (exact) mass is 252 g/mol. The Morgan fingerprint density at radius 1 is 1.47 bits per heavy atom. The lowest BCUT2D eigenvalue weighted by molar-refractivity contribution is 0.0271. The summed E-state index contributed by atoms with van der Waals surface area (Å²) in [6.45, 7) is 5.35. The lowest BCUT2D eigenvalue weighted by Gasteiger charge is -2.07. The van der Waals surface area contributed by atoms with E-state index in [0.29, 0.717) is 16.6 Å².